The lowest BCUT2D eigenvalue weighted by molar-refractivity contribution is -0.139. The van der Waals surface area contributed by atoms with Crippen molar-refractivity contribution < 1.29 is 23.4 Å². The van der Waals surface area contributed by atoms with Gasteiger partial charge in [-0.05, 0) is 48.2 Å². The van der Waals surface area contributed by atoms with Crippen molar-refractivity contribution in [2.45, 2.75) is 30.4 Å². The van der Waals surface area contributed by atoms with Crippen molar-refractivity contribution in [1.82, 2.24) is 4.90 Å². The van der Waals surface area contributed by atoms with E-state index in [1.165, 1.54) is 24.1 Å². The molecule has 0 aliphatic carbocycles. The van der Waals surface area contributed by atoms with Crippen LogP contribution in [-0.4, -0.2) is 49.7 Å². The first-order valence-corrected chi connectivity index (χ1v) is 10.3. The van der Waals surface area contributed by atoms with Crippen LogP contribution in [0, 0.1) is 5.82 Å². The Labute approximate surface area is 179 Å². The summed E-state index contributed by atoms with van der Waals surface area (Å²) >= 11 is 0. The first kappa shape index (κ1) is 19.8. The molecule has 2 N–H and O–H groups in total. The maximum absolute atomic E-state index is 14.1. The van der Waals surface area contributed by atoms with Crippen molar-refractivity contribution >= 4 is 11.9 Å². The van der Waals surface area contributed by atoms with E-state index in [0.29, 0.717) is 42.3 Å². The molecule has 0 saturated carbocycles. The van der Waals surface area contributed by atoms with Gasteiger partial charge in [0.2, 0.25) is 0 Å². The molecule has 1 fully saturated rings. The van der Waals surface area contributed by atoms with Gasteiger partial charge < -0.3 is 19.9 Å². The van der Waals surface area contributed by atoms with Gasteiger partial charge in [0.25, 0.3) is 5.91 Å². The van der Waals surface area contributed by atoms with Gasteiger partial charge in [-0.3, -0.25) is 9.69 Å². The van der Waals surface area contributed by atoms with E-state index in [1.807, 2.05) is 18.2 Å². The highest BCUT2D eigenvalue weighted by Crippen LogP contribution is 2.51. The molecule has 2 spiro atoms. The molecule has 3 aliphatic rings. The van der Waals surface area contributed by atoms with Gasteiger partial charge in [0.1, 0.15) is 22.9 Å². The number of methoxy groups -OCH3 is 1. The van der Waals surface area contributed by atoms with Gasteiger partial charge in [0.05, 0.1) is 13.7 Å². The number of nitrogens with zero attached hydrogens (tertiary/aromatic N) is 2. The smallest absolute Gasteiger partial charge is 0.261 e. The summed E-state index contributed by atoms with van der Waals surface area (Å²) in [6.45, 7) is 1.06. The molecular weight excluding hydrogens is 401 g/mol. The molecule has 3 aliphatic heterocycles. The van der Waals surface area contributed by atoms with Crippen LogP contribution < -0.4 is 15.2 Å². The molecule has 0 bridgehead atoms. The van der Waals surface area contributed by atoms with Crippen LogP contribution in [0.5, 0.6) is 11.5 Å². The SMILES string of the molecule is COc1cc(F)cc(-c2ccc3c(c2)[C@]2(C[C@]4(CCCOC4)O3)N=C(N)N(C)C2=O)c1. The molecule has 3 heterocycles. The van der Waals surface area contributed by atoms with Crippen molar-refractivity contribution in [2.24, 2.45) is 10.7 Å². The number of ether oxygens (including phenoxy) is 3. The molecule has 2 atom stereocenters. The van der Waals surface area contributed by atoms with Crippen molar-refractivity contribution in [1.29, 1.82) is 0 Å². The lowest BCUT2D eigenvalue weighted by Gasteiger charge is -2.46. The fourth-order valence-corrected chi connectivity index (χ4v) is 4.84. The fraction of sp³-hybridized carbons (Fsp3) is 0.391. The maximum Gasteiger partial charge on any atom is 0.261 e. The van der Waals surface area contributed by atoms with Crippen molar-refractivity contribution in [3.63, 3.8) is 0 Å². The summed E-state index contributed by atoms with van der Waals surface area (Å²) in [5.74, 6) is 0.548. The summed E-state index contributed by atoms with van der Waals surface area (Å²) in [6, 6.07) is 10.00. The van der Waals surface area contributed by atoms with Gasteiger partial charge in [-0.2, -0.15) is 0 Å². The number of guanidine groups is 1. The Kier molecular flexibility index (Phi) is 4.44. The van der Waals surface area contributed by atoms with E-state index in [-0.39, 0.29) is 11.9 Å². The molecule has 8 heteroatoms. The number of carbonyl (C=O) groups is 1. The number of benzene rings is 2. The van der Waals surface area contributed by atoms with Crippen LogP contribution in [0.1, 0.15) is 24.8 Å². The second-order valence-corrected chi connectivity index (χ2v) is 8.40. The Balaban J connectivity index is 1.68. The van der Waals surface area contributed by atoms with Crippen LogP contribution in [-0.2, 0) is 15.1 Å². The van der Waals surface area contributed by atoms with Gasteiger partial charge in [-0.25, -0.2) is 9.38 Å². The number of amides is 1. The summed E-state index contributed by atoms with van der Waals surface area (Å²) < 4.78 is 31.5. The Bertz CT molecular complexity index is 1100. The van der Waals surface area contributed by atoms with E-state index in [0.717, 1.165) is 18.4 Å². The minimum absolute atomic E-state index is 0.169. The van der Waals surface area contributed by atoms with E-state index in [4.69, 9.17) is 19.9 Å². The molecule has 0 aromatic heterocycles. The highest BCUT2D eigenvalue weighted by atomic mass is 19.1. The average Bonchev–Trinajstić information content (AvgIpc) is 2.97. The van der Waals surface area contributed by atoms with Crippen LogP contribution in [0.15, 0.2) is 41.4 Å². The summed E-state index contributed by atoms with van der Waals surface area (Å²) in [6.07, 6.45) is 1.95. The molecule has 5 rings (SSSR count). The second kappa shape index (κ2) is 6.95. The summed E-state index contributed by atoms with van der Waals surface area (Å²) in [5.41, 5.74) is 6.23. The lowest BCUT2D eigenvalue weighted by atomic mass is 9.74. The van der Waals surface area contributed by atoms with Crippen LogP contribution >= 0.6 is 0 Å². The lowest BCUT2D eigenvalue weighted by Crippen LogP contribution is -2.55. The maximum atomic E-state index is 14.1. The number of nitrogens with two attached hydrogens (primary N) is 1. The summed E-state index contributed by atoms with van der Waals surface area (Å²) in [7, 11) is 3.11. The van der Waals surface area contributed by atoms with Gasteiger partial charge in [0, 0.05) is 31.7 Å². The third-order valence-electron chi connectivity index (χ3n) is 6.36. The molecule has 1 amide bonds. The molecule has 0 unspecified atom stereocenters. The second-order valence-electron chi connectivity index (χ2n) is 8.40. The zero-order valence-corrected chi connectivity index (χ0v) is 17.5. The molecular formula is C23H24FN3O4. The van der Waals surface area contributed by atoms with Crippen molar-refractivity contribution in [2.75, 3.05) is 27.4 Å². The largest absolute Gasteiger partial charge is 0.497 e. The van der Waals surface area contributed by atoms with Crippen molar-refractivity contribution in [3.05, 3.63) is 47.8 Å². The van der Waals surface area contributed by atoms with Crippen LogP contribution in [0.4, 0.5) is 4.39 Å². The summed E-state index contributed by atoms with van der Waals surface area (Å²) in [4.78, 5) is 19.5. The summed E-state index contributed by atoms with van der Waals surface area (Å²) in [5, 5.41) is 0. The number of halogens is 1. The topological polar surface area (TPSA) is 86.4 Å². The zero-order chi connectivity index (χ0) is 21.8. The van der Waals surface area contributed by atoms with Crippen LogP contribution in [0.2, 0.25) is 0 Å². The number of fused-ring (bicyclic) bond motifs is 2. The molecule has 162 valence electrons. The van der Waals surface area contributed by atoms with Crippen LogP contribution in [0.25, 0.3) is 11.1 Å². The molecule has 2 aromatic rings. The standard InChI is InChI=1S/C23H24FN3O4/c1-27-20(28)23(26-21(27)25)12-22(6-3-7-30-13-22)31-19-5-4-14(10-18(19)23)15-8-16(24)11-17(9-15)29-2/h4-5,8-11H,3,6-7,12-13H2,1-2H3,(H2,25,26)/t22-,23-/m0/s1. The monoisotopic (exact) mass is 425 g/mol. The Morgan fingerprint density at radius 1 is 1.23 bits per heavy atom. The molecule has 2 aromatic carbocycles. The predicted molar refractivity (Wildman–Crippen MR) is 112 cm³/mol. The first-order chi connectivity index (χ1) is 14.9. The van der Waals surface area contributed by atoms with Gasteiger partial charge in [-0.1, -0.05) is 6.07 Å². The molecule has 0 radical (unpaired) electrons. The van der Waals surface area contributed by atoms with E-state index < -0.39 is 17.0 Å². The zero-order valence-electron chi connectivity index (χ0n) is 17.5. The minimum Gasteiger partial charge on any atom is -0.497 e. The number of hydrogen-bond acceptors (Lipinski definition) is 6. The number of rotatable bonds is 2. The van der Waals surface area contributed by atoms with E-state index >= 15 is 0 Å². The number of aliphatic imine (C=N–C) groups is 1. The highest BCUT2D eigenvalue weighted by molar-refractivity contribution is 6.07. The number of carbonyl (C=O) groups excluding carboxylic acids is 1. The fourth-order valence-electron chi connectivity index (χ4n) is 4.84. The molecule has 7 nitrogen and oxygen atoms in total. The van der Waals surface area contributed by atoms with Crippen LogP contribution in [0.3, 0.4) is 0 Å². The van der Waals surface area contributed by atoms with E-state index in [9.17, 15) is 9.18 Å². The number of likely N-dealkylation sites (N-methyl/N-ethyl adjacent to an activating group) is 1. The van der Waals surface area contributed by atoms with Gasteiger partial charge in [0.15, 0.2) is 11.5 Å². The Morgan fingerprint density at radius 3 is 2.74 bits per heavy atom. The normalized spacial score (nSPS) is 27.3. The predicted octanol–water partition coefficient (Wildman–Crippen LogP) is 2.82. The molecule has 1 saturated heterocycles. The third kappa shape index (κ3) is 3.05. The van der Waals surface area contributed by atoms with E-state index in [2.05, 4.69) is 4.99 Å². The van der Waals surface area contributed by atoms with Gasteiger partial charge in [-0.15, -0.1) is 0 Å². The number of hydrogen-bond donors (Lipinski definition) is 1. The average molecular weight is 425 g/mol. The molecule has 31 heavy (non-hydrogen) atoms. The highest BCUT2D eigenvalue weighted by Gasteiger charge is 2.58. The minimum atomic E-state index is -1.19. The third-order valence-corrected chi connectivity index (χ3v) is 6.36. The Morgan fingerprint density at radius 2 is 2.06 bits per heavy atom. The first-order valence-electron chi connectivity index (χ1n) is 10.3. The quantitative estimate of drug-likeness (QED) is 0.800. The van der Waals surface area contributed by atoms with E-state index in [1.54, 1.807) is 13.1 Å². The Hall–Kier alpha value is -3.13. The van der Waals surface area contributed by atoms with Crippen molar-refractivity contribution in [3.8, 4) is 22.6 Å². The van der Waals surface area contributed by atoms with Gasteiger partial charge >= 0.3 is 0 Å².